The first-order valence-corrected chi connectivity index (χ1v) is 3.78. The zero-order valence-electron chi connectivity index (χ0n) is 6.59. The minimum absolute atomic E-state index is 0.422. The van der Waals surface area contributed by atoms with Gasteiger partial charge in [-0.05, 0) is 12.8 Å². The van der Waals surface area contributed by atoms with Crippen molar-refractivity contribution in [2.45, 2.75) is 32.7 Å². The van der Waals surface area contributed by atoms with Crippen molar-refractivity contribution >= 4 is 5.84 Å². The third-order valence-corrected chi connectivity index (χ3v) is 1.56. The van der Waals surface area contributed by atoms with E-state index in [-0.39, 0.29) is 0 Å². The van der Waals surface area contributed by atoms with Gasteiger partial charge in [0.05, 0.1) is 6.04 Å². The van der Waals surface area contributed by atoms with Gasteiger partial charge < -0.3 is 5.43 Å². The van der Waals surface area contributed by atoms with Crippen LogP contribution in [0, 0.1) is 5.92 Å². The first-order valence-electron chi connectivity index (χ1n) is 3.78. The van der Waals surface area contributed by atoms with Gasteiger partial charge in [-0.15, -0.1) is 0 Å². The number of nitrogens with one attached hydrogen (secondary N) is 1. The van der Waals surface area contributed by atoms with Gasteiger partial charge in [0.25, 0.3) is 0 Å². The van der Waals surface area contributed by atoms with Crippen molar-refractivity contribution in [1.82, 2.24) is 5.43 Å². The van der Waals surface area contributed by atoms with Gasteiger partial charge in [-0.1, -0.05) is 13.8 Å². The van der Waals surface area contributed by atoms with Crippen molar-refractivity contribution in [3.63, 3.8) is 0 Å². The number of aliphatic imine (C=N–C) groups is 1. The maximum atomic E-state index is 5.27. The molecule has 0 atom stereocenters. The molecular weight excluding hydrogens is 126 g/mol. The third-order valence-electron chi connectivity index (χ3n) is 1.56. The minimum Gasteiger partial charge on any atom is -0.312 e. The van der Waals surface area contributed by atoms with Crippen molar-refractivity contribution in [1.29, 1.82) is 0 Å². The molecule has 0 aliphatic heterocycles. The van der Waals surface area contributed by atoms with Gasteiger partial charge in [-0.2, -0.15) is 0 Å². The fourth-order valence-electron chi connectivity index (χ4n) is 0.753. The van der Waals surface area contributed by atoms with E-state index in [1.807, 2.05) is 0 Å². The van der Waals surface area contributed by atoms with E-state index in [9.17, 15) is 0 Å². The summed E-state index contributed by atoms with van der Waals surface area (Å²) >= 11 is 0. The van der Waals surface area contributed by atoms with E-state index >= 15 is 0 Å². The average Bonchev–Trinajstić information content (AvgIpc) is 2.64. The Kier molecular flexibility index (Phi) is 2.27. The molecule has 0 heterocycles. The van der Waals surface area contributed by atoms with E-state index in [1.54, 1.807) is 0 Å². The molecule has 3 heteroatoms. The van der Waals surface area contributed by atoms with E-state index in [1.165, 1.54) is 12.8 Å². The average molecular weight is 141 g/mol. The molecular formula is C7H15N3. The van der Waals surface area contributed by atoms with Crippen LogP contribution < -0.4 is 11.3 Å². The van der Waals surface area contributed by atoms with Gasteiger partial charge in [-0.25, -0.2) is 5.84 Å². The Hall–Kier alpha value is -0.570. The lowest BCUT2D eigenvalue weighted by Gasteiger charge is -2.07. The highest BCUT2D eigenvalue weighted by molar-refractivity contribution is 5.83. The second-order valence-electron chi connectivity index (χ2n) is 3.04. The fourth-order valence-corrected chi connectivity index (χ4v) is 0.753. The summed E-state index contributed by atoms with van der Waals surface area (Å²) < 4.78 is 0. The normalized spacial score (nSPS) is 19.8. The predicted molar refractivity (Wildman–Crippen MR) is 42.6 cm³/mol. The van der Waals surface area contributed by atoms with E-state index in [4.69, 9.17) is 5.84 Å². The number of nitrogens with two attached hydrogens (primary N) is 1. The van der Waals surface area contributed by atoms with Crippen molar-refractivity contribution in [3.8, 4) is 0 Å². The topological polar surface area (TPSA) is 50.4 Å². The van der Waals surface area contributed by atoms with Crippen LogP contribution in [-0.2, 0) is 0 Å². The van der Waals surface area contributed by atoms with Crippen molar-refractivity contribution in [2.24, 2.45) is 16.8 Å². The van der Waals surface area contributed by atoms with E-state index in [0.29, 0.717) is 12.0 Å². The zero-order valence-corrected chi connectivity index (χ0v) is 6.59. The number of nitrogens with zero attached hydrogens (tertiary/aromatic N) is 1. The molecule has 0 spiro atoms. The standard InChI is InChI=1S/C7H15N3/c1-5(2)7(10-8)9-6-3-4-6/h5-6H,3-4,8H2,1-2H3,(H,9,10). The van der Waals surface area contributed by atoms with Gasteiger partial charge in [-0.3, -0.25) is 4.99 Å². The zero-order chi connectivity index (χ0) is 7.56. The molecule has 1 fully saturated rings. The monoisotopic (exact) mass is 141 g/mol. The molecule has 3 nitrogen and oxygen atoms in total. The summed E-state index contributed by atoms with van der Waals surface area (Å²) in [5.41, 5.74) is 2.62. The van der Waals surface area contributed by atoms with Crippen LogP contribution in [0.3, 0.4) is 0 Å². The van der Waals surface area contributed by atoms with Gasteiger partial charge >= 0.3 is 0 Å². The number of hydrazine groups is 1. The van der Waals surface area contributed by atoms with Crippen LogP contribution in [0.15, 0.2) is 4.99 Å². The Morgan fingerprint density at radius 2 is 2.20 bits per heavy atom. The van der Waals surface area contributed by atoms with Crippen LogP contribution in [0.1, 0.15) is 26.7 Å². The summed E-state index contributed by atoms with van der Waals surface area (Å²) in [6.45, 7) is 4.17. The molecule has 1 aliphatic carbocycles. The van der Waals surface area contributed by atoms with Gasteiger partial charge in [0, 0.05) is 5.92 Å². The second-order valence-corrected chi connectivity index (χ2v) is 3.04. The molecule has 1 rings (SSSR count). The lowest BCUT2D eigenvalue weighted by Crippen LogP contribution is -2.34. The molecule has 1 saturated carbocycles. The summed E-state index contributed by atoms with van der Waals surface area (Å²) in [5, 5.41) is 0. The van der Waals surface area contributed by atoms with E-state index < -0.39 is 0 Å². The van der Waals surface area contributed by atoms with Crippen LogP contribution in [-0.4, -0.2) is 11.9 Å². The second kappa shape index (κ2) is 3.01. The minimum atomic E-state index is 0.422. The number of amidine groups is 1. The van der Waals surface area contributed by atoms with E-state index in [2.05, 4.69) is 24.3 Å². The molecule has 0 saturated heterocycles. The van der Waals surface area contributed by atoms with Crippen LogP contribution >= 0.6 is 0 Å². The van der Waals surface area contributed by atoms with Gasteiger partial charge in [0.1, 0.15) is 5.84 Å². The molecule has 0 aromatic heterocycles. The lowest BCUT2D eigenvalue weighted by molar-refractivity contribution is 0.796. The van der Waals surface area contributed by atoms with Crippen LogP contribution in [0.2, 0.25) is 0 Å². The Morgan fingerprint density at radius 3 is 2.50 bits per heavy atom. The Labute approximate surface area is 61.7 Å². The SMILES string of the molecule is CC(C)C(=NC1CC1)NN. The molecule has 0 radical (unpaired) electrons. The van der Waals surface area contributed by atoms with Crippen molar-refractivity contribution in [3.05, 3.63) is 0 Å². The molecule has 0 aromatic rings. The molecule has 0 unspecified atom stereocenters. The number of rotatable bonds is 2. The lowest BCUT2D eigenvalue weighted by atomic mass is 10.2. The summed E-state index contributed by atoms with van der Waals surface area (Å²) in [4.78, 5) is 4.39. The summed E-state index contributed by atoms with van der Waals surface area (Å²) in [5.74, 6) is 6.62. The number of hydrogen-bond donors (Lipinski definition) is 2. The summed E-state index contributed by atoms with van der Waals surface area (Å²) in [6.07, 6.45) is 2.47. The van der Waals surface area contributed by atoms with Crippen LogP contribution in [0.5, 0.6) is 0 Å². The third kappa shape index (κ3) is 1.99. The smallest absolute Gasteiger partial charge is 0.113 e. The molecule has 10 heavy (non-hydrogen) atoms. The first-order chi connectivity index (χ1) is 4.74. The quantitative estimate of drug-likeness (QED) is 0.257. The summed E-state index contributed by atoms with van der Waals surface area (Å²) in [6, 6.07) is 0.563. The molecule has 1 aliphatic rings. The highest BCUT2D eigenvalue weighted by Crippen LogP contribution is 2.23. The highest BCUT2D eigenvalue weighted by atomic mass is 15.3. The fraction of sp³-hybridized carbons (Fsp3) is 0.857. The molecule has 0 bridgehead atoms. The maximum Gasteiger partial charge on any atom is 0.113 e. The Bertz CT molecular complexity index is 136. The molecule has 0 amide bonds. The maximum absolute atomic E-state index is 5.27. The largest absolute Gasteiger partial charge is 0.312 e. The van der Waals surface area contributed by atoms with Crippen molar-refractivity contribution in [2.75, 3.05) is 0 Å². The Balaban J connectivity index is 2.44. The predicted octanol–water partition coefficient (Wildman–Crippen LogP) is 0.667. The first kappa shape index (κ1) is 7.54. The van der Waals surface area contributed by atoms with Gasteiger partial charge in [0.2, 0.25) is 0 Å². The number of hydrogen-bond acceptors (Lipinski definition) is 2. The molecule has 58 valence electrons. The Morgan fingerprint density at radius 1 is 1.60 bits per heavy atom. The van der Waals surface area contributed by atoms with Gasteiger partial charge in [0.15, 0.2) is 0 Å². The van der Waals surface area contributed by atoms with Crippen molar-refractivity contribution < 1.29 is 0 Å². The van der Waals surface area contributed by atoms with E-state index in [0.717, 1.165) is 5.84 Å². The molecule has 3 N–H and O–H groups in total. The summed E-state index contributed by atoms with van der Waals surface area (Å²) in [7, 11) is 0. The highest BCUT2D eigenvalue weighted by Gasteiger charge is 2.21. The van der Waals surface area contributed by atoms with Crippen LogP contribution in [0.25, 0.3) is 0 Å². The van der Waals surface area contributed by atoms with Crippen LogP contribution in [0.4, 0.5) is 0 Å². The molecule has 0 aromatic carbocycles.